The molecule has 1 aliphatic rings. The van der Waals surface area contributed by atoms with E-state index in [1.807, 2.05) is 0 Å². The summed E-state index contributed by atoms with van der Waals surface area (Å²) in [6.07, 6.45) is 0. The lowest BCUT2D eigenvalue weighted by Crippen LogP contribution is -2.17. The topological polar surface area (TPSA) is 3.24 Å². The fourth-order valence-corrected chi connectivity index (χ4v) is 7.89. The summed E-state index contributed by atoms with van der Waals surface area (Å²) in [6.45, 7) is 4.79. The van der Waals surface area contributed by atoms with Gasteiger partial charge in [-0.25, -0.2) is 0 Å². The molecule has 0 saturated heterocycles. The van der Waals surface area contributed by atoms with E-state index in [9.17, 15) is 0 Å². The van der Waals surface area contributed by atoms with Gasteiger partial charge in [-0.15, -0.1) is 0 Å². The summed E-state index contributed by atoms with van der Waals surface area (Å²) in [7, 11) is 0. The molecule has 8 aromatic carbocycles. The third-order valence-corrected chi connectivity index (χ3v) is 10.2. The molecule has 0 atom stereocenters. The van der Waals surface area contributed by atoms with Crippen LogP contribution in [0.2, 0.25) is 0 Å². The molecule has 0 aliphatic heterocycles. The Hall–Kier alpha value is -5.92. The maximum atomic E-state index is 2.44. The van der Waals surface area contributed by atoms with Crippen molar-refractivity contribution < 1.29 is 0 Å². The first-order valence-corrected chi connectivity index (χ1v) is 16.8. The van der Waals surface area contributed by atoms with Gasteiger partial charge in [0.1, 0.15) is 0 Å². The molecule has 0 bridgehead atoms. The largest absolute Gasteiger partial charge is 0.310 e. The summed E-state index contributed by atoms with van der Waals surface area (Å²) in [6, 6.07) is 64.3. The number of benzene rings is 8. The zero-order chi connectivity index (χ0) is 32.2. The van der Waals surface area contributed by atoms with Gasteiger partial charge in [0.25, 0.3) is 0 Å². The van der Waals surface area contributed by atoms with Crippen molar-refractivity contribution in [3.8, 4) is 33.4 Å². The molecule has 0 unspecified atom stereocenters. The van der Waals surface area contributed by atoms with E-state index in [-0.39, 0.29) is 5.41 Å². The van der Waals surface area contributed by atoms with E-state index in [0.29, 0.717) is 0 Å². The predicted octanol–water partition coefficient (Wildman–Crippen LogP) is 13.1. The quantitative estimate of drug-likeness (QED) is 0.187. The van der Waals surface area contributed by atoms with Crippen LogP contribution in [0.3, 0.4) is 0 Å². The molecular weight excluding hydrogens is 579 g/mol. The Morgan fingerprint density at radius 1 is 0.375 bits per heavy atom. The lowest BCUT2D eigenvalue weighted by molar-refractivity contribution is 0.666. The smallest absolute Gasteiger partial charge is 0.0468 e. The van der Waals surface area contributed by atoms with Gasteiger partial charge >= 0.3 is 0 Å². The Kier molecular flexibility index (Phi) is 6.55. The van der Waals surface area contributed by atoms with Gasteiger partial charge in [-0.1, -0.05) is 147 Å². The number of rotatable bonds is 5. The summed E-state index contributed by atoms with van der Waals surface area (Å²) < 4.78 is 0. The summed E-state index contributed by atoms with van der Waals surface area (Å²) in [5.74, 6) is 0. The second kappa shape index (κ2) is 11.1. The highest BCUT2D eigenvalue weighted by Gasteiger charge is 2.38. The van der Waals surface area contributed by atoms with Crippen molar-refractivity contribution in [1.29, 1.82) is 0 Å². The molecule has 48 heavy (non-hydrogen) atoms. The molecule has 0 saturated carbocycles. The van der Waals surface area contributed by atoms with E-state index in [1.54, 1.807) is 0 Å². The van der Waals surface area contributed by atoms with E-state index in [2.05, 4.69) is 195 Å². The van der Waals surface area contributed by atoms with Crippen LogP contribution in [0.15, 0.2) is 176 Å². The van der Waals surface area contributed by atoms with Crippen molar-refractivity contribution in [3.63, 3.8) is 0 Å². The van der Waals surface area contributed by atoms with Crippen molar-refractivity contribution in [2.24, 2.45) is 0 Å². The third-order valence-electron chi connectivity index (χ3n) is 10.2. The van der Waals surface area contributed by atoms with Crippen molar-refractivity contribution in [2.75, 3.05) is 4.90 Å². The Morgan fingerprint density at radius 3 is 1.77 bits per heavy atom. The molecule has 8 aromatic rings. The van der Waals surface area contributed by atoms with Crippen LogP contribution in [0.25, 0.3) is 54.9 Å². The molecule has 0 heterocycles. The van der Waals surface area contributed by atoms with Gasteiger partial charge in [0.05, 0.1) is 0 Å². The molecule has 0 amide bonds. The fourth-order valence-electron chi connectivity index (χ4n) is 7.89. The van der Waals surface area contributed by atoms with Crippen LogP contribution in [-0.4, -0.2) is 0 Å². The zero-order valence-electron chi connectivity index (χ0n) is 27.2. The van der Waals surface area contributed by atoms with Crippen LogP contribution >= 0.6 is 0 Å². The normalized spacial score (nSPS) is 13.0. The lowest BCUT2D eigenvalue weighted by Gasteiger charge is -2.29. The number of nitrogens with zero attached hydrogens (tertiary/aromatic N) is 1. The third kappa shape index (κ3) is 4.54. The lowest BCUT2D eigenvalue weighted by atomic mass is 9.79. The molecule has 228 valence electrons. The maximum Gasteiger partial charge on any atom is 0.0468 e. The SMILES string of the molecule is CC1(C)c2cc(N(c3cccc(-c4ccccc4)c3)c3ccc4ccccc4c3)ccc2-c2cc(-c3ccccc3)c3ccccc3c21. The van der Waals surface area contributed by atoms with Crippen LogP contribution in [0.5, 0.6) is 0 Å². The van der Waals surface area contributed by atoms with Crippen LogP contribution in [0.1, 0.15) is 25.0 Å². The van der Waals surface area contributed by atoms with Gasteiger partial charge in [0, 0.05) is 22.5 Å². The predicted molar refractivity (Wildman–Crippen MR) is 205 cm³/mol. The van der Waals surface area contributed by atoms with Crippen LogP contribution in [-0.2, 0) is 5.41 Å². The van der Waals surface area contributed by atoms with Crippen LogP contribution in [0.4, 0.5) is 17.1 Å². The van der Waals surface area contributed by atoms with Gasteiger partial charge in [-0.3, -0.25) is 0 Å². The number of hydrogen-bond donors (Lipinski definition) is 0. The Bertz CT molecular complexity index is 2470. The minimum absolute atomic E-state index is 0.184. The fraction of sp³-hybridized carbons (Fsp3) is 0.0638. The van der Waals surface area contributed by atoms with E-state index >= 15 is 0 Å². The first-order chi connectivity index (χ1) is 23.6. The Morgan fingerprint density at radius 2 is 0.979 bits per heavy atom. The summed E-state index contributed by atoms with van der Waals surface area (Å²) in [4.78, 5) is 2.42. The highest BCUT2D eigenvalue weighted by atomic mass is 15.1. The molecule has 0 radical (unpaired) electrons. The molecule has 0 fully saturated rings. The summed E-state index contributed by atoms with van der Waals surface area (Å²) >= 11 is 0. The zero-order valence-corrected chi connectivity index (χ0v) is 27.2. The average molecular weight is 614 g/mol. The van der Waals surface area contributed by atoms with Gasteiger partial charge in [-0.2, -0.15) is 0 Å². The minimum atomic E-state index is -0.184. The van der Waals surface area contributed by atoms with E-state index in [4.69, 9.17) is 0 Å². The first-order valence-electron chi connectivity index (χ1n) is 16.8. The molecule has 9 rings (SSSR count). The molecular formula is C47H35N. The molecule has 1 nitrogen and oxygen atoms in total. The first kappa shape index (κ1) is 28.3. The van der Waals surface area contributed by atoms with E-state index in [0.717, 1.165) is 17.1 Å². The molecule has 0 spiro atoms. The second-order valence-electron chi connectivity index (χ2n) is 13.4. The van der Waals surface area contributed by atoms with Crippen molar-refractivity contribution in [3.05, 3.63) is 187 Å². The van der Waals surface area contributed by atoms with Crippen molar-refractivity contribution in [2.45, 2.75) is 19.3 Å². The highest BCUT2D eigenvalue weighted by molar-refractivity contribution is 6.06. The Labute approximate surface area is 282 Å². The van der Waals surface area contributed by atoms with Gasteiger partial charge in [0.2, 0.25) is 0 Å². The monoisotopic (exact) mass is 613 g/mol. The molecule has 1 aliphatic carbocycles. The average Bonchev–Trinajstić information content (AvgIpc) is 3.37. The van der Waals surface area contributed by atoms with Crippen LogP contribution in [0, 0.1) is 0 Å². The molecule has 0 aromatic heterocycles. The number of fused-ring (bicyclic) bond motifs is 6. The molecule has 1 heteroatoms. The van der Waals surface area contributed by atoms with E-state index < -0.39 is 0 Å². The summed E-state index contributed by atoms with van der Waals surface area (Å²) in [5.41, 5.74) is 13.6. The van der Waals surface area contributed by atoms with Crippen molar-refractivity contribution >= 4 is 38.6 Å². The Balaban J connectivity index is 1.25. The summed E-state index contributed by atoms with van der Waals surface area (Å²) in [5, 5.41) is 5.11. The minimum Gasteiger partial charge on any atom is -0.310 e. The van der Waals surface area contributed by atoms with E-state index in [1.165, 1.54) is 66.1 Å². The second-order valence-corrected chi connectivity index (χ2v) is 13.4. The molecule has 0 N–H and O–H groups in total. The van der Waals surface area contributed by atoms with Crippen LogP contribution < -0.4 is 4.90 Å². The standard InChI is InChI=1S/C47H35N/c1-47(2)45-30-39(26-27-41(45)44-31-43(34-17-7-4-8-18-34)40-22-11-12-23-42(40)46(44)47)48(38-25-24-33-16-9-10-19-35(33)29-38)37-21-13-20-36(28-37)32-14-5-3-6-15-32/h3-31H,1-2H3. The van der Waals surface area contributed by atoms with Gasteiger partial charge in [0.15, 0.2) is 0 Å². The van der Waals surface area contributed by atoms with Gasteiger partial charge in [-0.05, 0) is 109 Å². The number of hydrogen-bond acceptors (Lipinski definition) is 1. The number of anilines is 3. The highest BCUT2D eigenvalue weighted by Crippen LogP contribution is 2.54. The van der Waals surface area contributed by atoms with Gasteiger partial charge < -0.3 is 4.90 Å². The maximum absolute atomic E-state index is 2.44. The van der Waals surface area contributed by atoms with Crippen molar-refractivity contribution in [1.82, 2.24) is 0 Å².